The van der Waals surface area contributed by atoms with Gasteiger partial charge in [-0.2, -0.15) is 0 Å². The van der Waals surface area contributed by atoms with Crippen LogP contribution in [0.15, 0.2) is 42.6 Å². The Morgan fingerprint density at radius 2 is 2.05 bits per heavy atom. The molecule has 0 saturated heterocycles. The number of aromatic nitrogens is 1. The molecule has 4 nitrogen and oxygen atoms in total. The van der Waals surface area contributed by atoms with Crippen molar-refractivity contribution < 1.29 is 14.6 Å². The van der Waals surface area contributed by atoms with E-state index in [1.54, 1.807) is 25.3 Å². The molecule has 102 valence electrons. The summed E-state index contributed by atoms with van der Waals surface area (Å²) in [7, 11) is 1.59. The lowest BCUT2D eigenvalue weighted by Gasteiger charge is -2.00. The number of halogens is 1. The molecule has 0 saturated carbocycles. The highest BCUT2D eigenvalue weighted by molar-refractivity contribution is 6.30. The van der Waals surface area contributed by atoms with Gasteiger partial charge in [-0.1, -0.05) is 29.8 Å². The summed E-state index contributed by atoms with van der Waals surface area (Å²) in [4.78, 5) is 15.7. The summed E-state index contributed by atoms with van der Waals surface area (Å²) >= 11 is 5.66. The summed E-state index contributed by atoms with van der Waals surface area (Å²) in [6.07, 6.45) is 4.30. The Hall–Kier alpha value is -2.33. The lowest BCUT2D eigenvalue weighted by molar-refractivity contribution is 0.104. The van der Waals surface area contributed by atoms with Crippen molar-refractivity contribution in [2.75, 3.05) is 7.11 Å². The molecule has 0 aliphatic carbocycles. The number of benzene rings is 1. The Morgan fingerprint density at radius 1 is 1.35 bits per heavy atom. The number of aromatic hydroxyl groups is 1. The third kappa shape index (κ3) is 3.36. The molecule has 0 spiro atoms. The Morgan fingerprint density at radius 3 is 2.65 bits per heavy atom. The Balaban J connectivity index is 2.15. The topological polar surface area (TPSA) is 59.4 Å². The number of methoxy groups -OCH3 is 1. The summed E-state index contributed by atoms with van der Waals surface area (Å²) in [6, 6.07) is 8.50. The van der Waals surface area contributed by atoms with Crippen molar-refractivity contribution >= 4 is 23.5 Å². The Labute approximate surface area is 121 Å². The third-order valence-electron chi connectivity index (χ3n) is 2.61. The zero-order chi connectivity index (χ0) is 14.5. The minimum atomic E-state index is -0.394. The van der Waals surface area contributed by atoms with Gasteiger partial charge in [-0.3, -0.25) is 4.79 Å². The summed E-state index contributed by atoms with van der Waals surface area (Å²) in [5.74, 6) is 0.113. The number of carbonyl (C=O) groups is 1. The van der Waals surface area contributed by atoms with Crippen molar-refractivity contribution in [2.24, 2.45) is 0 Å². The number of nitrogens with zero attached hydrogens (tertiary/aromatic N) is 1. The van der Waals surface area contributed by atoms with E-state index in [-0.39, 0.29) is 16.5 Å². The van der Waals surface area contributed by atoms with E-state index in [1.165, 1.54) is 18.3 Å². The number of hydrogen-bond acceptors (Lipinski definition) is 4. The van der Waals surface area contributed by atoms with Crippen molar-refractivity contribution in [3.05, 3.63) is 58.9 Å². The van der Waals surface area contributed by atoms with E-state index in [0.717, 1.165) is 11.3 Å². The van der Waals surface area contributed by atoms with Gasteiger partial charge in [0.2, 0.25) is 5.78 Å². The van der Waals surface area contributed by atoms with Crippen LogP contribution < -0.4 is 4.74 Å². The van der Waals surface area contributed by atoms with Gasteiger partial charge in [0.15, 0.2) is 5.69 Å². The molecule has 1 N–H and O–H groups in total. The molecule has 0 unspecified atom stereocenters. The van der Waals surface area contributed by atoms with Gasteiger partial charge in [-0.25, -0.2) is 4.98 Å². The van der Waals surface area contributed by atoms with Crippen LogP contribution in [0.2, 0.25) is 5.02 Å². The summed E-state index contributed by atoms with van der Waals surface area (Å²) in [5.41, 5.74) is 0.812. The highest BCUT2D eigenvalue weighted by Gasteiger charge is 2.10. The van der Waals surface area contributed by atoms with Gasteiger partial charge in [-0.15, -0.1) is 0 Å². The van der Waals surface area contributed by atoms with Crippen LogP contribution in [0.4, 0.5) is 0 Å². The molecule has 2 rings (SSSR count). The largest absolute Gasteiger partial charge is 0.505 e. The molecule has 1 aromatic heterocycles. The van der Waals surface area contributed by atoms with Crippen molar-refractivity contribution in [2.45, 2.75) is 0 Å². The van der Waals surface area contributed by atoms with E-state index in [1.807, 2.05) is 12.1 Å². The normalized spacial score (nSPS) is 10.7. The minimum Gasteiger partial charge on any atom is -0.505 e. The van der Waals surface area contributed by atoms with Gasteiger partial charge in [0.05, 0.1) is 12.1 Å². The number of rotatable bonds is 4. The van der Waals surface area contributed by atoms with Crippen LogP contribution in [0, 0.1) is 0 Å². The maximum atomic E-state index is 11.9. The SMILES string of the molecule is COc1ccc(/C=C/C(=O)c2ncc(Cl)cc2O)cc1. The number of ketones is 1. The quantitative estimate of drug-likeness (QED) is 0.693. The van der Waals surface area contributed by atoms with Crippen molar-refractivity contribution in [1.29, 1.82) is 0 Å². The first-order chi connectivity index (χ1) is 9.60. The van der Waals surface area contributed by atoms with Gasteiger partial charge in [0.25, 0.3) is 0 Å². The number of hydrogen-bond donors (Lipinski definition) is 1. The second-order valence-corrected chi connectivity index (χ2v) is 4.43. The third-order valence-corrected chi connectivity index (χ3v) is 2.82. The highest BCUT2D eigenvalue weighted by atomic mass is 35.5. The van der Waals surface area contributed by atoms with Crippen LogP contribution in [-0.4, -0.2) is 23.0 Å². The van der Waals surface area contributed by atoms with Gasteiger partial charge >= 0.3 is 0 Å². The van der Waals surface area contributed by atoms with E-state index < -0.39 is 5.78 Å². The molecule has 0 aliphatic heterocycles. The van der Waals surface area contributed by atoms with E-state index in [9.17, 15) is 9.90 Å². The van der Waals surface area contributed by atoms with Crippen LogP contribution >= 0.6 is 11.6 Å². The van der Waals surface area contributed by atoms with Crippen LogP contribution in [0.5, 0.6) is 11.5 Å². The average molecular weight is 290 g/mol. The monoisotopic (exact) mass is 289 g/mol. The number of carbonyl (C=O) groups excluding carboxylic acids is 1. The van der Waals surface area contributed by atoms with Crippen LogP contribution in [-0.2, 0) is 0 Å². The van der Waals surface area contributed by atoms with Crippen LogP contribution in [0.25, 0.3) is 6.08 Å². The molecular formula is C15H12ClNO3. The highest BCUT2D eigenvalue weighted by Crippen LogP contribution is 2.20. The van der Waals surface area contributed by atoms with E-state index >= 15 is 0 Å². The fraction of sp³-hybridized carbons (Fsp3) is 0.0667. The lowest BCUT2D eigenvalue weighted by atomic mass is 10.1. The van der Waals surface area contributed by atoms with E-state index in [0.29, 0.717) is 0 Å². The molecule has 0 amide bonds. The van der Waals surface area contributed by atoms with Gasteiger partial charge in [0.1, 0.15) is 11.5 Å². The van der Waals surface area contributed by atoms with Crippen LogP contribution in [0.3, 0.4) is 0 Å². The summed E-state index contributed by atoms with van der Waals surface area (Å²) < 4.78 is 5.04. The van der Waals surface area contributed by atoms with E-state index in [2.05, 4.69) is 4.98 Å². The molecule has 0 fully saturated rings. The van der Waals surface area contributed by atoms with E-state index in [4.69, 9.17) is 16.3 Å². The maximum absolute atomic E-state index is 11.9. The predicted octanol–water partition coefficient (Wildman–Crippen LogP) is 3.35. The molecule has 5 heteroatoms. The molecular weight excluding hydrogens is 278 g/mol. The Kier molecular flexibility index (Phi) is 4.38. The smallest absolute Gasteiger partial charge is 0.207 e. The minimum absolute atomic E-state index is 0.0286. The average Bonchev–Trinajstić information content (AvgIpc) is 2.45. The zero-order valence-electron chi connectivity index (χ0n) is 10.7. The van der Waals surface area contributed by atoms with Gasteiger partial charge < -0.3 is 9.84 Å². The second kappa shape index (κ2) is 6.21. The molecule has 2 aromatic rings. The molecule has 1 aromatic carbocycles. The first kappa shape index (κ1) is 14.1. The zero-order valence-corrected chi connectivity index (χ0v) is 11.5. The molecule has 0 bridgehead atoms. The molecule has 0 aliphatic rings. The lowest BCUT2D eigenvalue weighted by Crippen LogP contribution is -1.98. The van der Waals surface area contributed by atoms with Crippen molar-refractivity contribution in [3.8, 4) is 11.5 Å². The van der Waals surface area contributed by atoms with Crippen molar-refractivity contribution in [3.63, 3.8) is 0 Å². The Bertz CT molecular complexity index is 651. The summed E-state index contributed by atoms with van der Waals surface area (Å²) in [6.45, 7) is 0. The fourth-order valence-electron chi connectivity index (χ4n) is 1.58. The van der Waals surface area contributed by atoms with Gasteiger partial charge in [-0.05, 0) is 23.8 Å². The maximum Gasteiger partial charge on any atom is 0.207 e. The number of allylic oxidation sites excluding steroid dienone is 1. The first-order valence-electron chi connectivity index (χ1n) is 5.81. The van der Waals surface area contributed by atoms with Crippen LogP contribution in [0.1, 0.15) is 16.1 Å². The number of pyridine rings is 1. The fourth-order valence-corrected chi connectivity index (χ4v) is 1.74. The first-order valence-corrected chi connectivity index (χ1v) is 6.19. The molecule has 1 heterocycles. The molecule has 0 radical (unpaired) electrons. The molecule has 20 heavy (non-hydrogen) atoms. The standard InChI is InChI=1S/C15H12ClNO3/c1-20-12-5-2-10(3-6-12)4-7-13(18)15-14(19)8-11(16)9-17-15/h2-9,19H,1H3/b7-4+. The summed E-state index contributed by atoms with van der Waals surface area (Å²) in [5, 5.41) is 9.89. The van der Waals surface area contributed by atoms with Gasteiger partial charge in [0, 0.05) is 12.3 Å². The molecule has 0 atom stereocenters. The second-order valence-electron chi connectivity index (χ2n) is 3.99. The van der Waals surface area contributed by atoms with Crippen molar-refractivity contribution in [1.82, 2.24) is 4.98 Å². The predicted molar refractivity (Wildman–Crippen MR) is 77.3 cm³/mol. The number of ether oxygens (including phenoxy) is 1.